The molecule has 1 N–H and O–H groups in total. The first-order valence-corrected chi connectivity index (χ1v) is 5.47. The van der Waals surface area contributed by atoms with Gasteiger partial charge in [-0.15, -0.1) is 0 Å². The fourth-order valence-electron chi connectivity index (χ4n) is 1.72. The molecule has 82 valence electrons. The molecule has 0 bridgehead atoms. The Morgan fingerprint density at radius 3 is 2.62 bits per heavy atom. The van der Waals surface area contributed by atoms with Crippen molar-refractivity contribution in [3.8, 4) is 6.07 Å². The summed E-state index contributed by atoms with van der Waals surface area (Å²) in [5.41, 5.74) is 1.78. The van der Waals surface area contributed by atoms with Gasteiger partial charge in [0.05, 0.1) is 12.5 Å². The fraction of sp³-hybridized carbons (Fsp3) is 0.385. The summed E-state index contributed by atoms with van der Waals surface area (Å²) in [6.07, 6.45) is 1.41. The van der Waals surface area contributed by atoms with Gasteiger partial charge in [-0.1, -0.05) is 19.1 Å². The van der Waals surface area contributed by atoms with Crippen LogP contribution < -0.4 is 5.32 Å². The molecule has 0 spiro atoms. The molecule has 0 radical (unpaired) electrons. The van der Waals surface area contributed by atoms with Gasteiger partial charge in [-0.25, -0.2) is 0 Å². The minimum Gasteiger partial charge on any atom is -0.326 e. The molecule has 1 aliphatic carbocycles. The normalized spacial score (nSPS) is 22.2. The van der Waals surface area contributed by atoms with Crippen molar-refractivity contribution < 1.29 is 4.79 Å². The van der Waals surface area contributed by atoms with Crippen LogP contribution in [0.5, 0.6) is 0 Å². The number of carbonyl (C=O) groups excluding carboxylic acids is 1. The predicted octanol–water partition coefficient (Wildman–Crippen LogP) is 2.35. The van der Waals surface area contributed by atoms with E-state index >= 15 is 0 Å². The Kier molecular flexibility index (Phi) is 2.91. The van der Waals surface area contributed by atoms with Crippen LogP contribution >= 0.6 is 0 Å². The molecule has 1 aliphatic rings. The molecule has 0 saturated heterocycles. The lowest BCUT2D eigenvalue weighted by Crippen LogP contribution is -2.14. The number of anilines is 1. The Morgan fingerprint density at radius 2 is 2.12 bits per heavy atom. The summed E-state index contributed by atoms with van der Waals surface area (Å²) in [4.78, 5) is 11.6. The zero-order valence-corrected chi connectivity index (χ0v) is 9.23. The van der Waals surface area contributed by atoms with E-state index in [0.29, 0.717) is 12.3 Å². The molecule has 2 unspecified atom stereocenters. The number of rotatable bonds is 3. The van der Waals surface area contributed by atoms with Crippen LogP contribution in [0.25, 0.3) is 0 Å². The Morgan fingerprint density at radius 1 is 1.50 bits per heavy atom. The van der Waals surface area contributed by atoms with Crippen molar-refractivity contribution in [3.05, 3.63) is 29.8 Å². The summed E-state index contributed by atoms with van der Waals surface area (Å²) in [6, 6.07) is 9.52. The lowest BCUT2D eigenvalue weighted by molar-refractivity contribution is -0.117. The lowest BCUT2D eigenvalue weighted by Gasteiger charge is -2.04. The molecule has 1 aromatic rings. The average Bonchev–Trinajstić information content (AvgIpc) is 2.99. The van der Waals surface area contributed by atoms with E-state index in [-0.39, 0.29) is 11.8 Å². The molecular weight excluding hydrogens is 200 g/mol. The molecule has 0 heterocycles. The quantitative estimate of drug-likeness (QED) is 0.839. The van der Waals surface area contributed by atoms with Gasteiger partial charge in [0.1, 0.15) is 0 Å². The van der Waals surface area contributed by atoms with Crippen LogP contribution in [-0.2, 0) is 11.2 Å². The van der Waals surface area contributed by atoms with Crippen molar-refractivity contribution in [1.29, 1.82) is 5.26 Å². The topological polar surface area (TPSA) is 52.9 Å². The molecule has 2 rings (SSSR count). The summed E-state index contributed by atoms with van der Waals surface area (Å²) in [6.45, 7) is 2.08. The van der Waals surface area contributed by atoms with Crippen LogP contribution in [-0.4, -0.2) is 5.91 Å². The molecule has 2 atom stereocenters. The molecule has 0 aliphatic heterocycles. The van der Waals surface area contributed by atoms with Crippen molar-refractivity contribution >= 4 is 11.6 Å². The second-order valence-corrected chi connectivity index (χ2v) is 4.34. The second kappa shape index (κ2) is 4.36. The highest BCUT2D eigenvalue weighted by Crippen LogP contribution is 2.38. The van der Waals surface area contributed by atoms with Crippen LogP contribution in [0.2, 0.25) is 0 Å². The van der Waals surface area contributed by atoms with Gasteiger partial charge < -0.3 is 5.32 Å². The van der Waals surface area contributed by atoms with E-state index in [0.717, 1.165) is 17.7 Å². The molecule has 1 amide bonds. The molecule has 3 heteroatoms. The monoisotopic (exact) mass is 214 g/mol. The third-order valence-electron chi connectivity index (χ3n) is 2.95. The van der Waals surface area contributed by atoms with E-state index in [1.165, 1.54) is 0 Å². The van der Waals surface area contributed by atoms with Crippen LogP contribution in [0.3, 0.4) is 0 Å². The molecule has 1 saturated carbocycles. The molecule has 0 aromatic heterocycles. The highest BCUT2D eigenvalue weighted by molar-refractivity contribution is 5.94. The van der Waals surface area contributed by atoms with E-state index in [1.54, 1.807) is 0 Å². The summed E-state index contributed by atoms with van der Waals surface area (Å²) in [5.74, 6) is 0.831. The Balaban J connectivity index is 1.95. The van der Waals surface area contributed by atoms with Gasteiger partial charge in [-0.05, 0) is 30.0 Å². The number of carbonyl (C=O) groups is 1. The number of benzene rings is 1. The Bertz CT molecular complexity index is 430. The third kappa shape index (κ3) is 2.40. The van der Waals surface area contributed by atoms with Crippen molar-refractivity contribution in [2.45, 2.75) is 19.8 Å². The van der Waals surface area contributed by atoms with Crippen LogP contribution in [0.4, 0.5) is 5.69 Å². The zero-order chi connectivity index (χ0) is 11.5. The maximum absolute atomic E-state index is 11.6. The van der Waals surface area contributed by atoms with Gasteiger partial charge in [-0.3, -0.25) is 4.79 Å². The number of nitriles is 1. The molecule has 16 heavy (non-hydrogen) atoms. The van der Waals surface area contributed by atoms with E-state index in [9.17, 15) is 4.79 Å². The minimum atomic E-state index is 0.112. The second-order valence-electron chi connectivity index (χ2n) is 4.34. The molecule has 1 aromatic carbocycles. The number of hydrogen-bond acceptors (Lipinski definition) is 2. The summed E-state index contributed by atoms with van der Waals surface area (Å²) in [7, 11) is 0. The number of nitrogens with one attached hydrogen (secondary N) is 1. The maximum Gasteiger partial charge on any atom is 0.227 e. The average molecular weight is 214 g/mol. The smallest absolute Gasteiger partial charge is 0.227 e. The van der Waals surface area contributed by atoms with Crippen LogP contribution in [0.15, 0.2) is 24.3 Å². The van der Waals surface area contributed by atoms with Crippen LogP contribution in [0.1, 0.15) is 18.9 Å². The number of hydrogen-bond donors (Lipinski definition) is 1. The van der Waals surface area contributed by atoms with Crippen molar-refractivity contribution in [1.82, 2.24) is 0 Å². The lowest BCUT2D eigenvalue weighted by atomic mass is 10.1. The SMILES string of the molecule is CC1CC1C(=O)Nc1ccc(CC#N)cc1. The molecular formula is C13H14N2O. The fourth-order valence-corrected chi connectivity index (χ4v) is 1.72. The standard InChI is InChI=1S/C13H14N2O/c1-9-8-12(9)13(16)15-11-4-2-10(3-5-11)6-7-14/h2-5,9,12H,6,8H2,1H3,(H,15,16). The number of nitrogens with zero attached hydrogens (tertiary/aromatic N) is 1. The predicted molar refractivity (Wildman–Crippen MR) is 61.7 cm³/mol. The van der Waals surface area contributed by atoms with Crippen molar-refractivity contribution in [2.24, 2.45) is 11.8 Å². The largest absolute Gasteiger partial charge is 0.326 e. The van der Waals surface area contributed by atoms with Gasteiger partial charge in [0, 0.05) is 11.6 Å². The van der Waals surface area contributed by atoms with E-state index in [4.69, 9.17) is 5.26 Å². The summed E-state index contributed by atoms with van der Waals surface area (Å²) < 4.78 is 0. The van der Waals surface area contributed by atoms with E-state index < -0.39 is 0 Å². The molecule has 3 nitrogen and oxygen atoms in total. The first-order chi connectivity index (χ1) is 7.70. The van der Waals surface area contributed by atoms with E-state index in [2.05, 4.69) is 18.3 Å². The zero-order valence-electron chi connectivity index (χ0n) is 9.23. The summed E-state index contributed by atoms with van der Waals surface area (Å²) >= 11 is 0. The Hall–Kier alpha value is -1.82. The number of amides is 1. The van der Waals surface area contributed by atoms with E-state index in [1.807, 2.05) is 24.3 Å². The first-order valence-electron chi connectivity index (χ1n) is 5.47. The minimum absolute atomic E-state index is 0.112. The van der Waals surface area contributed by atoms with Gasteiger partial charge in [0.25, 0.3) is 0 Å². The van der Waals surface area contributed by atoms with Crippen LogP contribution in [0, 0.1) is 23.2 Å². The van der Waals surface area contributed by atoms with Gasteiger partial charge >= 0.3 is 0 Å². The van der Waals surface area contributed by atoms with Gasteiger partial charge in [0.15, 0.2) is 0 Å². The third-order valence-corrected chi connectivity index (χ3v) is 2.95. The maximum atomic E-state index is 11.6. The first kappa shape index (κ1) is 10.7. The van der Waals surface area contributed by atoms with Gasteiger partial charge in [-0.2, -0.15) is 5.26 Å². The van der Waals surface area contributed by atoms with Gasteiger partial charge in [0.2, 0.25) is 5.91 Å². The van der Waals surface area contributed by atoms with Crippen molar-refractivity contribution in [3.63, 3.8) is 0 Å². The van der Waals surface area contributed by atoms with Crippen molar-refractivity contribution in [2.75, 3.05) is 5.32 Å². The molecule has 1 fully saturated rings. The summed E-state index contributed by atoms with van der Waals surface area (Å²) in [5, 5.41) is 11.4. The highest BCUT2D eigenvalue weighted by Gasteiger charge is 2.38. The Labute approximate surface area is 95.1 Å². The highest BCUT2D eigenvalue weighted by atomic mass is 16.2.